The number of aryl methyl sites for hydroxylation is 1. The van der Waals surface area contributed by atoms with Crippen molar-refractivity contribution in [3.8, 4) is 0 Å². The highest BCUT2D eigenvalue weighted by Crippen LogP contribution is 2.21. The fourth-order valence-electron chi connectivity index (χ4n) is 2.38. The number of thiophene rings is 1. The van der Waals surface area contributed by atoms with Crippen LogP contribution in [0.15, 0.2) is 47.8 Å². The number of hydrogen-bond acceptors (Lipinski definition) is 3. The zero-order valence-electron chi connectivity index (χ0n) is 12.0. The highest BCUT2D eigenvalue weighted by molar-refractivity contribution is 7.10. The molecule has 0 spiro atoms. The van der Waals surface area contributed by atoms with Crippen LogP contribution in [0.3, 0.4) is 0 Å². The Hall–Kier alpha value is -2.20. The highest BCUT2D eigenvalue weighted by atomic mass is 32.1. The van der Waals surface area contributed by atoms with Crippen LogP contribution in [-0.4, -0.2) is 10.9 Å². The van der Waals surface area contributed by atoms with Gasteiger partial charge in [-0.15, -0.1) is 11.3 Å². The Balaban J connectivity index is 1.94. The number of carbonyl (C=O) groups is 1. The number of pyridine rings is 1. The quantitative estimate of drug-likeness (QED) is 0.790. The third-order valence-electron chi connectivity index (χ3n) is 3.41. The van der Waals surface area contributed by atoms with Crippen LogP contribution in [0.2, 0.25) is 0 Å². The molecule has 3 rings (SSSR count). The van der Waals surface area contributed by atoms with Crippen LogP contribution >= 0.6 is 11.3 Å². The van der Waals surface area contributed by atoms with Crippen LogP contribution in [-0.2, 0) is 0 Å². The molecule has 1 aromatic carbocycles. The number of carbonyl (C=O) groups excluding carboxylic acids is 1. The maximum absolute atomic E-state index is 12.6. The van der Waals surface area contributed by atoms with Crippen molar-refractivity contribution in [3.63, 3.8) is 0 Å². The second kappa shape index (κ2) is 5.66. The average Bonchev–Trinajstić information content (AvgIpc) is 3.00. The molecule has 1 N–H and O–H groups in total. The van der Waals surface area contributed by atoms with E-state index in [4.69, 9.17) is 0 Å². The van der Waals surface area contributed by atoms with Crippen molar-refractivity contribution in [2.75, 3.05) is 0 Å². The molecule has 0 aliphatic heterocycles. The molecule has 2 heterocycles. The lowest BCUT2D eigenvalue weighted by Gasteiger charge is -2.14. The number of nitrogens with zero attached hydrogens (tertiary/aromatic N) is 1. The van der Waals surface area contributed by atoms with Gasteiger partial charge in [-0.3, -0.25) is 9.78 Å². The van der Waals surface area contributed by atoms with E-state index in [2.05, 4.69) is 10.3 Å². The Bertz CT molecular complexity index is 781. The van der Waals surface area contributed by atoms with Crippen LogP contribution in [0.1, 0.15) is 33.9 Å². The Labute approximate surface area is 127 Å². The van der Waals surface area contributed by atoms with Gasteiger partial charge in [0.2, 0.25) is 0 Å². The molecule has 3 aromatic rings. The lowest BCUT2D eigenvalue weighted by Crippen LogP contribution is -2.26. The lowest BCUT2D eigenvalue weighted by molar-refractivity contribution is 0.0942. The first kappa shape index (κ1) is 13.8. The van der Waals surface area contributed by atoms with Gasteiger partial charge in [-0.2, -0.15) is 0 Å². The van der Waals surface area contributed by atoms with Crippen LogP contribution in [0.5, 0.6) is 0 Å². The van der Waals surface area contributed by atoms with Gasteiger partial charge in [0.1, 0.15) is 0 Å². The van der Waals surface area contributed by atoms with E-state index in [1.165, 1.54) is 0 Å². The van der Waals surface area contributed by atoms with Gasteiger partial charge in [0.05, 0.1) is 17.1 Å². The minimum absolute atomic E-state index is 0.00438. The molecular weight excluding hydrogens is 280 g/mol. The second-order valence-electron chi connectivity index (χ2n) is 5.04. The average molecular weight is 296 g/mol. The van der Waals surface area contributed by atoms with E-state index in [0.717, 1.165) is 21.5 Å². The van der Waals surface area contributed by atoms with E-state index in [-0.39, 0.29) is 11.9 Å². The maximum atomic E-state index is 12.6. The Kier molecular flexibility index (Phi) is 3.71. The fraction of sp³-hybridized carbons (Fsp3) is 0.176. The Morgan fingerprint density at radius 2 is 2.05 bits per heavy atom. The van der Waals surface area contributed by atoms with Crippen molar-refractivity contribution < 1.29 is 4.79 Å². The van der Waals surface area contributed by atoms with Gasteiger partial charge >= 0.3 is 0 Å². The smallest absolute Gasteiger partial charge is 0.252 e. The van der Waals surface area contributed by atoms with Crippen molar-refractivity contribution >= 4 is 28.1 Å². The minimum Gasteiger partial charge on any atom is -0.345 e. The Morgan fingerprint density at radius 3 is 2.81 bits per heavy atom. The van der Waals surface area contributed by atoms with Gasteiger partial charge in [0.15, 0.2) is 0 Å². The molecule has 3 nitrogen and oxygen atoms in total. The third kappa shape index (κ3) is 2.81. The summed E-state index contributed by atoms with van der Waals surface area (Å²) in [7, 11) is 0. The normalized spacial score (nSPS) is 12.3. The van der Waals surface area contributed by atoms with Crippen LogP contribution < -0.4 is 5.32 Å². The van der Waals surface area contributed by atoms with Crippen molar-refractivity contribution in [2.24, 2.45) is 0 Å². The number of amides is 1. The molecule has 106 valence electrons. The summed E-state index contributed by atoms with van der Waals surface area (Å²) in [6, 6.07) is 13.6. The molecule has 2 aromatic heterocycles. The molecule has 0 fully saturated rings. The molecule has 0 aliphatic rings. The van der Waals surface area contributed by atoms with E-state index >= 15 is 0 Å². The number of aromatic nitrogens is 1. The van der Waals surface area contributed by atoms with Crippen LogP contribution in [0.25, 0.3) is 10.9 Å². The molecule has 21 heavy (non-hydrogen) atoms. The van der Waals surface area contributed by atoms with Crippen molar-refractivity contribution in [1.29, 1.82) is 0 Å². The molecule has 0 radical (unpaired) electrons. The number of hydrogen-bond donors (Lipinski definition) is 1. The molecule has 0 saturated heterocycles. The van der Waals surface area contributed by atoms with Crippen molar-refractivity contribution in [2.45, 2.75) is 19.9 Å². The van der Waals surface area contributed by atoms with Gasteiger partial charge in [0, 0.05) is 16.0 Å². The van der Waals surface area contributed by atoms with Gasteiger partial charge in [-0.05, 0) is 37.4 Å². The van der Waals surface area contributed by atoms with Crippen molar-refractivity contribution in [3.05, 3.63) is 64.0 Å². The minimum atomic E-state index is -0.0578. The number of nitrogens with one attached hydrogen (secondary N) is 1. The molecule has 4 heteroatoms. The molecule has 0 aliphatic carbocycles. The number of rotatable bonds is 3. The molecule has 1 amide bonds. The van der Waals surface area contributed by atoms with Crippen LogP contribution in [0, 0.1) is 6.92 Å². The van der Waals surface area contributed by atoms with Crippen LogP contribution in [0.4, 0.5) is 0 Å². The van der Waals surface area contributed by atoms with Gasteiger partial charge in [-0.1, -0.05) is 24.3 Å². The molecule has 1 atom stereocenters. The predicted molar refractivity (Wildman–Crippen MR) is 86.7 cm³/mol. The second-order valence-corrected chi connectivity index (χ2v) is 6.02. The van der Waals surface area contributed by atoms with Gasteiger partial charge in [0.25, 0.3) is 5.91 Å². The number of fused-ring (bicyclic) bond motifs is 1. The molecule has 1 unspecified atom stereocenters. The summed E-state index contributed by atoms with van der Waals surface area (Å²) in [6.07, 6.45) is 0. The number of para-hydroxylation sites is 1. The summed E-state index contributed by atoms with van der Waals surface area (Å²) < 4.78 is 0. The lowest BCUT2D eigenvalue weighted by atomic mass is 10.1. The maximum Gasteiger partial charge on any atom is 0.252 e. The standard InChI is InChI=1S/C17H16N2OS/c1-11-10-14(13-6-3-4-7-15(13)18-11)17(20)19-12(2)16-8-5-9-21-16/h3-10,12H,1-2H3,(H,19,20). The summed E-state index contributed by atoms with van der Waals surface area (Å²) >= 11 is 1.65. The summed E-state index contributed by atoms with van der Waals surface area (Å²) in [5.74, 6) is -0.0578. The zero-order valence-corrected chi connectivity index (χ0v) is 12.8. The molecule has 0 saturated carbocycles. The van der Waals surface area contributed by atoms with Crippen molar-refractivity contribution in [1.82, 2.24) is 10.3 Å². The van der Waals surface area contributed by atoms with E-state index < -0.39 is 0 Å². The summed E-state index contributed by atoms with van der Waals surface area (Å²) in [6.45, 7) is 3.91. The first-order valence-corrected chi connectivity index (χ1v) is 7.74. The predicted octanol–water partition coefficient (Wildman–Crippen LogP) is 4.10. The molecule has 0 bridgehead atoms. The van der Waals surface area contributed by atoms with E-state index in [1.54, 1.807) is 11.3 Å². The van der Waals surface area contributed by atoms with Gasteiger partial charge < -0.3 is 5.32 Å². The molecular formula is C17H16N2OS. The Morgan fingerprint density at radius 1 is 1.24 bits per heavy atom. The first-order chi connectivity index (χ1) is 10.1. The third-order valence-corrected chi connectivity index (χ3v) is 4.46. The summed E-state index contributed by atoms with van der Waals surface area (Å²) in [5.41, 5.74) is 2.38. The monoisotopic (exact) mass is 296 g/mol. The topological polar surface area (TPSA) is 42.0 Å². The highest BCUT2D eigenvalue weighted by Gasteiger charge is 2.15. The number of benzene rings is 1. The fourth-order valence-corrected chi connectivity index (χ4v) is 3.11. The SMILES string of the molecule is Cc1cc(C(=O)NC(C)c2cccs2)c2ccccc2n1. The van der Waals surface area contributed by atoms with E-state index in [1.807, 2.05) is 61.7 Å². The zero-order chi connectivity index (χ0) is 14.8. The van der Waals surface area contributed by atoms with Gasteiger partial charge in [-0.25, -0.2) is 0 Å². The van der Waals surface area contributed by atoms with E-state index in [9.17, 15) is 4.79 Å². The summed E-state index contributed by atoms with van der Waals surface area (Å²) in [5, 5.41) is 5.97. The van der Waals surface area contributed by atoms with E-state index in [0.29, 0.717) is 5.56 Å². The first-order valence-electron chi connectivity index (χ1n) is 6.86. The summed E-state index contributed by atoms with van der Waals surface area (Å²) in [4.78, 5) is 18.2. The largest absolute Gasteiger partial charge is 0.345 e.